The van der Waals surface area contributed by atoms with E-state index in [1.807, 2.05) is 0 Å². The van der Waals surface area contributed by atoms with E-state index in [2.05, 4.69) is 85.7 Å². The van der Waals surface area contributed by atoms with Gasteiger partial charge in [-0.15, -0.1) is 0 Å². The van der Waals surface area contributed by atoms with Gasteiger partial charge in [0.2, 0.25) is 0 Å². The number of nitrogens with zero attached hydrogens (tertiary/aromatic N) is 1. The third-order valence-electron chi connectivity index (χ3n) is 4.37. The monoisotopic (exact) mass is 337 g/mol. The zero-order valence-corrected chi connectivity index (χ0v) is 16.2. The minimum Gasteiger partial charge on any atom is -0.361 e. The largest absolute Gasteiger partial charge is 0.361 e. The van der Waals surface area contributed by atoms with Crippen molar-refractivity contribution in [3.05, 3.63) is 60.2 Å². The molecule has 126 valence electrons. The Morgan fingerprint density at radius 2 is 1.67 bits per heavy atom. The fourth-order valence-electron chi connectivity index (χ4n) is 2.85. The molecule has 0 radical (unpaired) electrons. The molecule has 0 amide bonds. The zero-order valence-electron chi connectivity index (χ0n) is 15.2. The van der Waals surface area contributed by atoms with Crippen LogP contribution in [0.3, 0.4) is 0 Å². The zero-order chi connectivity index (χ0) is 17.2. The third kappa shape index (κ3) is 3.97. The summed E-state index contributed by atoms with van der Waals surface area (Å²) in [5, 5.41) is 1.27. The molecule has 0 saturated heterocycles. The van der Waals surface area contributed by atoms with Crippen molar-refractivity contribution in [2.24, 2.45) is 0 Å². The van der Waals surface area contributed by atoms with Crippen LogP contribution in [0, 0.1) is 6.92 Å². The number of fused-ring (bicyclic) bond motifs is 1. The van der Waals surface area contributed by atoms with Crippen molar-refractivity contribution in [1.29, 1.82) is 0 Å². The Bertz CT molecular complexity index is 812. The fourth-order valence-corrected chi connectivity index (χ4v) is 3.60. The topological polar surface area (TPSA) is 14.2 Å². The van der Waals surface area contributed by atoms with E-state index in [9.17, 15) is 0 Å². The van der Waals surface area contributed by atoms with Gasteiger partial charge in [0.05, 0.1) is 11.2 Å². The van der Waals surface area contributed by atoms with Crippen molar-refractivity contribution in [2.75, 3.05) is 6.61 Å². The molecule has 0 aliphatic carbocycles. The molecule has 0 unspecified atom stereocenters. The van der Waals surface area contributed by atoms with Crippen molar-refractivity contribution < 1.29 is 4.74 Å². The molecule has 0 bridgehead atoms. The number of aromatic nitrogens is 1. The van der Waals surface area contributed by atoms with E-state index in [-0.39, 0.29) is 0 Å². The summed E-state index contributed by atoms with van der Waals surface area (Å²) in [6, 6.07) is 20.7. The van der Waals surface area contributed by atoms with Gasteiger partial charge in [-0.2, -0.15) is 0 Å². The third-order valence-corrected chi connectivity index (χ3v) is 6.08. The van der Waals surface area contributed by atoms with Crippen LogP contribution in [0.25, 0.3) is 22.2 Å². The first kappa shape index (κ1) is 17.0. The Hall–Kier alpha value is -1.84. The predicted octanol–water partition coefficient (Wildman–Crippen LogP) is 5.93. The van der Waals surface area contributed by atoms with E-state index in [0.717, 1.165) is 6.61 Å². The second-order valence-electron chi connectivity index (χ2n) is 7.73. The van der Waals surface area contributed by atoms with Crippen LogP contribution in [0.4, 0.5) is 0 Å². The van der Waals surface area contributed by atoms with Crippen LogP contribution in [0.1, 0.15) is 5.56 Å². The molecule has 0 spiro atoms. The molecule has 0 aliphatic heterocycles. The van der Waals surface area contributed by atoms with E-state index in [0.29, 0.717) is 6.73 Å². The maximum absolute atomic E-state index is 6.05. The Balaban J connectivity index is 1.89. The maximum Gasteiger partial charge on any atom is 0.123 e. The van der Waals surface area contributed by atoms with E-state index in [1.165, 1.54) is 33.8 Å². The van der Waals surface area contributed by atoms with Crippen LogP contribution in [0.15, 0.2) is 54.6 Å². The summed E-state index contributed by atoms with van der Waals surface area (Å²) in [6.07, 6.45) is 0. The first-order valence-corrected chi connectivity index (χ1v) is 12.4. The standard InChI is InChI=1S/C21H27NOSi/c1-17-9-11-18(12-10-17)21-15-19-7-5-6-8-20(19)22(21)16-23-13-14-24(2,3)4/h5-12,15H,13-14,16H2,1-4H3. The lowest BCUT2D eigenvalue weighted by Gasteiger charge is -2.17. The molecule has 1 heterocycles. The summed E-state index contributed by atoms with van der Waals surface area (Å²) in [6.45, 7) is 10.7. The van der Waals surface area contributed by atoms with Gasteiger partial charge in [0.15, 0.2) is 0 Å². The summed E-state index contributed by atoms with van der Waals surface area (Å²) < 4.78 is 8.34. The molecule has 1 aromatic heterocycles. The Morgan fingerprint density at radius 3 is 2.38 bits per heavy atom. The Labute approximate surface area is 146 Å². The Morgan fingerprint density at radius 1 is 0.958 bits per heavy atom. The van der Waals surface area contributed by atoms with Crippen LogP contribution in [0.2, 0.25) is 25.7 Å². The van der Waals surface area contributed by atoms with E-state index in [1.54, 1.807) is 0 Å². The van der Waals surface area contributed by atoms with Gasteiger partial charge in [0.25, 0.3) is 0 Å². The number of para-hydroxylation sites is 1. The average Bonchev–Trinajstić information content (AvgIpc) is 2.90. The van der Waals surface area contributed by atoms with Crippen molar-refractivity contribution in [1.82, 2.24) is 4.57 Å². The van der Waals surface area contributed by atoms with Gasteiger partial charge < -0.3 is 9.30 Å². The lowest BCUT2D eigenvalue weighted by atomic mass is 10.1. The smallest absolute Gasteiger partial charge is 0.123 e. The summed E-state index contributed by atoms with van der Waals surface area (Å²) in [5.74, 6) is 0. The number of rotatable bonds is 6. The number of hydrogen-bond donors (Lipinski definition) is 0. The highest BCUT2D eigenvalue weighted by Crippen LogP contribution is 2.28. The van der Waals surface area contributed by atoms with Crippen molar-refractivity contribution >= 4 is 19.0 Å². The maximum atomic E-state index is 6.05. The van der Waals surface area contributed by atoms with E-state index >= 15 is 0 Å². The fraction of sp³-hybridized carbons (Fsp3) is 0.333. The molecule has 0 fully saturated rings. The van der Waals surface area contributed by atoms with Gasteiger partial charge in [-0.3, -0.25) is 0 Å². The van der Waals surface area contributed by atoms with Crippen LogP contribution in [-0.2, 0) is 11.5 Å². The predicted molar refractivity (Wildman–Crippen MR) is 106 cm³/mol. The second kappa shape index (κ2) is 6.95. The highest BCUT2D eigenvalue weighted by molar-refractivity contribution is 6.76. The summed E-state index contributed by atoms with van der Waals surface area (Å²) in [7, 11) is -1.05. The summed E-state index contributed by atoms with van der Waals surface area (Å²) in [5.41, 5.74) is 4.99. The van der Waals surface area contributed by atoms with Crippen LogP contribution >= 0.6 is 0 Å². The van der Waals surface area contributed by atoms with E-state index in [4.69, 9.17) is 4.74 Å². The number of hydrogen-bond acceptors (Lipinski definition) is 1. The molecule has 24 heavy (non-hydrogen) atoms. The molecule has 0 N–H and O–H groups in total. The highest BCUT2D eigenvalue weighted by Gasteiger charge is 2.14. The summed E-state index contributed by atoms with van der Waals surface area (Å²) in [4.78, 5) is 0. The van der Waals surface area contributed by atoms with Gasteiger partial charge in [0.1, 0.15) is 6.73 Å². The molecular weight excluding hydrogens is 310 g/mol. The van der Waals surface area contributed by atoms with Gasteiger partial charge in [-0.05, 0) is 30.7 Å². The first-order chi connectivity index (χ1) is 11.4. The number of aryl methyl sites for hydroxylation is 1. The lowest BCUT2D eigenvalue weighted by molar-refractivity contribution is 0.0913. The number of benzene rings is 2. The minimum absolute atomic E-state index is 0.612. The van der Waals surface area contributed by atoms with Gasteiger partial charge in [-0.25, -0.2) is 0 Å². The minimum atomic E-state index is -1.05. The molecule has 3 rings (SSSR count). The second-order valence-corrected chi connectivity index (χ2v) is 13.4. The number of ether oxygens (including phenoxy) is 1. The summed E-state index contributed by atoms with van der Waals surface area (Å²) >= 11 is 0. The van der Waals surface area contributed by atoms with Crippen molar-refractivity contribution in [3.8, 4) is 11.3 Å². The molecule has 2 nitrogen and oxygen atoms in total. The molecule has 0 aliphatic rings. The lowest BCUT2D eigenvalue weighted by Crippen LogP contribution is -2.22. The van der Waals surface area contributed by atoms with Crippen molar-refractivity contribution in [2.45, 2.75) is 39.3 Å². The van der Waals surface area contributed by atoms with Crippen LogP contribution in [0.5, 0.6) is 0 Å². The molecule has 0 saturated carbocycles. The average molecular weight is 338 g/mol. The van der Waals surface area contributed by atoms with Crippen LogP contribution < -0.4 is 0 Å². The Kier molecular flexibility index (Phi) is 4.92. The quantitative estimate of drug-likeness (QED) is 0.402. The molecule has 3 aromatic rings. The molecule has 3 heteroatoms. The van der Waals surface area contributed by atoms with Gasteiger partial charge >= 0.3 is 0 Å². The first-order valence-electron chi connectivity index (χ1n) is 8.67. The van der Waals surface area contributed by atoms with Crippen LogP contribution in [-0.4, -0.2) is 19.2 Å². The van der Waals surface area contributed by atoms with Gasteiger partial charge in [0, 0.05) is 20.1 Å². The molecular formula is C21H27NOSi. The SMILES string of the molecule is Cc1ccc(-c2cc3ccccc3n2COCC[Si](C)(C)C)cc1. The van der Waals surface area contributed by atoms with Gasteiger partial charge in [-0.1, -0.05) is 67.7 Å². The van der Waals surface area contributed by atoms with E-state index < -0.39 is 8.07 Å². The normalized spacial score (nSPS) is 12.0. The molecule has 2 aromatic carbocycles. The highest BCUT2D eigenvalue weighted by atomic mass is 28.3. The van der Waals surface area contributed by atoms with Crippen molar-refractivity contribution in [3.63, 3.8) is 0 Å². The molecule has 0 atom stereocenters.